The third-order valence-electron chi connectivity index (χ3n) is 2.89. The molecule has 0 saturated carbocycles. The maximum Gasteiger partial charge on any atom is 0.261 e. The molecular formula is C15H16ClNO2S. The summed E-state index contributed by atoms with van der Waals surface area (Å²) in [6.45, 7) is 0.661. The van der Waals surface area contributed by atoms with Crippen LogP contribution in [0.5, 0.6) is 0 Å². The van der Waals surface area contributed by atoms with Crippen LogP contribution in [0.4, 0.5) is 0 Å². The first-order valence-corrected chi connectivity index (χ1v) is 8.46. The third-order valence-corrected chi connectivity index (χ3v) is 4.25. The Bertz CT molecular complexity index is 697. The molecule has 5 heteroatoms. The number of nitrogens with zero attached hydrogens (tertiary/aromatic N) is 1. The first kappa shape index (κ1) is 15.0. The fourth-order valence-electron chi connectivity index (χ4n) is 2.09. The average molecular weight is 310 g/mol. The molecule has 0 aliphatic rings. The van der Waals surface area contributed by atoms with Crippen molar-refractivity contribution in [1.82, 2.24) is 4.90 Å². The number of hydrogen-bond acceptors (Lipinski definition) is 3. The van der Waals surface area contributed by atoms with Crippen LogP contribution < -0.4 is 0 Å². The predicted molar refractivity (Wildman–Crippen MR) is 82.3 cm³/mol. The van der Waals surface area contributed by atoms with Crippen LogP contribution in [-0.4, -0.2) is 27.4 Å². The van der Waals surface area contributed by atoms with Gasteiger partial charge in [-0.1, -0.05) is 42.5 Å². The maximum absolute atomic E-state index is 11.8. The van der Waals surface area contributed by atoms with Gasteiger partial charge < -0.3 is 4.90 Å². The Morgan fingerprint density at radius 1 is 1.05 bits per heavy atom. The van der Waals surface area contributed by atoms with Gasteiger partial charge in [0, 0.05) is 22.8 Å². The summed E-state index contributed by atoms with van der Waals surface area (Å²) in [4.78, 5) is 2.13. The molecule has 20 heavy (non-hydrogen) atoms. The van der Waals surface area contributed by atoms with Gasteiger partial charge in [0.25, 0.3) is 9.05 Å². The van der Waals surface area contributed by atoms with E-state index >= 15 is 0 Å². The van der Waals surface area contributed by atoms with E-state index in [4.69, 9.17) is 10.7 Å². The summed E-state index contributed by atoms with van der Waals surface area (Å²) in [5, 5.41) is 0. The van der Waals surface area contributed by atoms with E-state index in [1.807, 2.05) is 61.5 Å². The van der Waals surface area contributed by atoms with Crippen molar-refractivity contribution in [2.75, 3.05) is 14.1 Å². The second-order valence-electron chi connectivity index (χ2n) is 4.87. The van der Waals surface area contributed by atoms with Gasteiger partial charge in [-0.25, -0.2) is 8.42 Å². The molecule has 0 aliphatic carbocycles. The largest absolute Gasteiger partial charge is 0.305 e. The molecule has 0 amide bonds. The Morgan fingerprint density at radius 3 is 2.25 bits per heavy atom. The molecule has 0 fully saturated rings. The van der Waals surface area contributed by atoms with E-state index in [2.05, 4.69) is 0 Å². The van der Waals surface area contributed by atoms with Crippen LogP contribution in [0.2, 0.25) is 0 Å². The first-order valence-electron chi connectivity index (χ1n) is 6.15. The molecule has 2 rings (SSSR count). The van der Waals surface area contributed by atoms with E-state index in [-0.39, 0.29) is 4.90 Å². The quantitative estimate of drug-likeness (QED) is 0.813. The summed E-state index contributed by atoms with van der Waals surface area (Å²) >= 11 is 0. The summed E-state index contributed by atoms with van der Waals surface area (Å²) in [5.74, 6) is 0. The van der Waals surface area contributed by atoms with Crippen molar-refractivity contribution in [3.63, 3.8) is 0 Å². The molecule has 106 valence electrons. The minimum Gasteiger partial charge on any atom is -0.305 e. The lowest BCUT2D eigenvalue weighted by molar-refractivity contribution is 0.402. The summed E-state index contributed by atoms with van der Waals surface area (Å²) < 4.78 is 23.6. The molecule has 0 bridgehead atoms. The third kappa shape index (κ3) is 3.60. The standard InChI is InChI=1S/C15H16ClNO2S/c1-17(2)11-12-8-9-14(13-6-4-3-5-7-13)15(10-12)20(16,18)19/h3-10H,11H2,1-2H3. The zero-order chi connectivity index (χ0) is 14.8. The van der Waals surface area contributed by atoms with Gasteiger partial charge in [-0.15, -0.1) is 0 Å². The SMILES string of the molecule is CN(C)Cc1ccc(-c2ccccc2)c(S(=O)(=O)Cl)c1. The van der Waals surface area contributed by atoms with Gasteiger partial charge in [-0.3, -0.25) is 0 Å². The van der Waals surface area contributed by atoms with Crippen molar-refractivity contribution in [1.29, 1.82) is 0 Å². The first-order chi connectivity index (χ1) is 9.38. The van der Waals surface area contributed by atoms with Gasteiger partial charge in [0.05, 0.1) is 4.90 Å². The lowest BCUT2D eigenvalue weighted by Crippen LogP contribution is -2.11. The summed E-state index contributed by atoms with van der Waals surface area (Å²) in [7, 11) is 5.66. The van der Waals surface area contributed by atoms with Crippen molar-refractivity contribution in [2.45, 2.75) is 11.4 Å². The Hall–Kier alpha value is -1.36. The summed E-state index contributed by atoms with van der Waals surface area (Å²) in [6, 6.07) is 14.7. The lowest BCUT2D eigenvalue weighted by atomic mass is 10.0. The Morgan fingerprint density at radius 2 is 1.70 bits per heavy atom. The highest BCUT2D eigenvalue weighted by atomic mass is 35.7. The smallest absolute Gasteiger partial charge is 0.261 e. The highest BCUT2D eigenvalue weighted by molar-refractivity contribution is 8.13. The van der Waals surface area contributed by atoms with Gasteiger partial charge in [0.1, 0.15) is 0 Å². The molecule has 0 heterocycles. The van der Waals surface area contributed by atoms with Crippen molar-refractivity contribution in [3.8, 4) is 11.1 Å². The fourth-order valence-corrected chi connectivity index (χ4v) is 3.21. The van der Waals surface area contributed by atoms with Gasteiger partial charge in [-0.2, -0.15) is 0 Å². The zero-order valence-electron chi connectivity index (χ0n) is 11.4. The van der Waals surface area contributed by atoms with Crippen molar-refractivity contribution in [3.05, 3.63) is 54.1 Å². The molecule has 0 atom stereocenters. The molecule has 0 spiro atoms. The Labute approximate surface area is 124 Å². The van der Waals surface area contributed by atoms with E-state index in [1.165, 1.54) is 0 Å². The number of hydrogen-bond donors (Lipinski definition) is 0. The average Bonchev–Trinajstić information content (AvgIpc) is 2.38. The van der Waals surface area contributed by atoms with E-state index in [1.54, 1.807) is 6.07 Å². The minimum atomic E-state index is -3.79. The van der Waals surface area contributed by atoms with Crippen molar-refractivity contribution >= 4 is 19.7 Å². The molecule has 0 unspecified atom stereocenters. The van der Waals surface area contributed by atoms with Gasteiger partial charge in [0.15, 0.2) is 0 Å². The predicted octanol–water partition coefficient (Wildman–Crippen LogP) is 3.34. The maximum atomic E-state index is 11.8. The normalized spacial score (nSPS) is 11.8. The monoisotopic (exact) mass is 309 g/mol. The molecule has 2 aromatic rings. The summed E-state index contributed by atoms with van der Waals surface area (Å²) in [6.07, 6.45) is 0. The van der Waals surface area contributed by atoms with Crippen LogP contribution >= 0.6 is 10.7 Å². The van der Waals surface area contributed by atoms with Gasteiger partial charge in [-0.05, 0) is 31.3 Å². The summed E-state index contributed by atoms with van der Waals surface area (Å²) in [5.41, 5.74) is 2.38. The van der Waals surface area contributed by atoms with E-state index in [0.717, 1.165) is 11.1 Å². The second-order valence-corrected chi connectivity index (χ2v) is 7.41. The molecule has 0 aromatic heterocycles. The number of rotatable bonds is 4. The zero-order valence-corrected chi connectivity index (χ0v) is 12.9. The molecule has 2 aromatic carbocycles. The van der Waals surface area contributed by atoms with Crippen LogP contribution in [0, 0.1) is 0 Å². The van der Waals surface area contributed by atoms with Crippen LogP contribution in [0.15, 0.2) is 53.4 Å². The van der Waals surface area contributed by atoms with Crippen LogP contribution in [0.3, 0.4) is 0 Å². The number of halogens is 1. The fraction of sp³-hybridized carbons (Fsp3) is 0.200. The molecule has 0 aliphatic heterocycles. The van der Waals surface area contributed by atoms with Crippen molar-refractivity contribution in [2.24, 2.45) is 0 Å². The van der Waals surface area contributed by atoms with E-state index in [0.29, 0.717) is 12.1 Å². The van der Waals surface area contributed by atoms with Crippen LogP contribution in [0.1, 0.15) is 5.56 Å². The van der Waals surface area contributed by atoms with Crippen LogP contribution in [-0.2, 0) is 15.6 Å². The molecule has 0 saturated heterocycles. The van der Waals surface area contributed by atoms with Gasteiger partial charge in [0.2, 0.25) is 0 Å². The highest BCUT2D eigenvalue weighted by Gasteiger charge is 2.17. The Kier molecular flexibility index (Phi) is 4.48. The van der Waals surface area contributed by atoms with Crippen LogP contribution in [0.25, 0.3) is 11.1 Å². The molecule has 3 nitrogen and oxygen atoms in total. The second kappa shape index (κ2) is 5.95. The highest BCUT2D eigenvalue weighted by Crippen LogP contribution is 2.30. The van der Waals surface area contributed by atoms with Crippen molar-refractivity contribution < 1.29 is 8.42 Å². The lowest BCUT2D eigenvalue weighted by Gasteiger charge is -2.13. The van der Waals surface area contributed by atoms with E-state index < -0.39 is 9.05 Å². The molecular weight excluding hydrogens is 294 g/mol. The Balaban J connectivity index is 2.58. The molecule has 0 radical (unpaired) electrons. The topological polar surface area (TPSA) is 37.4 Å². The number of benzene rings is 2. The minimum absolute atomic E-state index is 0.157. The van der Waals surface area contributed by atoms with Gasteiger partial charge >= 0.3 is 0 Å². The molecule has 0 N–H and O–H groups in total. The van der Waals surface area contributed by atoms with E-state index in [9.17, 15) is 8.42 Å².